The molecule has 0 fully saturated rings. The smallest absolute Gasteiger partial charge is 0.417 e. The number of carbonyl (C=O) groups excluding carboxylic acids is 1. The van der Waals surface area contributed by atoms with Crippen LogP contribution in [-0.4, -0.2) is 37.0 Å². The van der Waals surface area contributed by atoms with Crippen LogP contribution < -0.4 is 5.32 Å². The molecule has 0 amide bonds. The maximum atomic E-state index is 12.5. The van der Waals surface area contributed by atoms with Gasteiger partial charge in [0.1, 0.15) is 0 Å². The van der Waals surface area contributed by atoms with Gasteiger partial charge in [-0.15, -0.1) is 0 Å². The Hall–Kier alpha value is -0.990. The average molecular weight is 267 g/mol. The fraction of sp³-hybridized carbons (Fsp3) is 0.875. The van der Waals surface area contributed by atoms with Crippen LogP contribution in [0.4, 0.5) is 26.3 Å². The lowest BCUT2D eigenvalue weighted by atomic mass is 10.0. The maximum absolute atomic E-state index is 12.5. The topological polar surface area (TPSA) is 38.3 Å². The van der Waals surface area contributed by atoms with Crippen molar-refractivity contribution in [3.05, 3.63) is 0 Å². The second-order valence-electron chi connectivity index (χ2n) is 3.31. The first-order valence-corrected chi connectivity index (χ1v) is 4.50. The van der Waals surface area contributed by atoms with E-state index in [0.717, 1.165) is 5.32 Å². The Morgan fingerprint density at radius 2 is 1.65 bits per heavy atom. The lowest BCUT2D eigenvalue weighted by molar-refractivity contribution is -0.215. The number of rotatable bonds is 4. The second-order valence-corrected chi connectivity index (χ2v) is 3.31. The van der Waals surface area contributed by atoms with Crippen LogP contribution >= 0.6 is 0 Å². The Balaban J connectivity index is 4.94. The Bertz CT molecular complexity index is 274. The van der Waals surface area contributed by atoms with Crippen LogP contribution in [0.2, 0.25) is 0 Å². The van der Waals surface area contributed by atoms with Crippen molar-refractivity contribution in [2.45, 2.75) is 31.7 Å². The fourth-order valence-electron chi connectivity index (χ4n) is 0.841. The summed E-state index contributed by atoms with van der Waals surface area (Å²) in [4.78, 5) is 11.1. The van der Waals surface area contributed by atoms with Gasteiger partial charge in [0.15, 0.2) is 0 Å². The van der Waals surface area contributed by atoms with E-state index in [-0.39, 0.29) is 6.61 Å². The summed E-state index contributed by atoms with van der Waals surface area (Å²) in [7, 11) is 0. The van der Waals surface area contributed by atoms with E-state index in [1.807, 2.05) is 0 Å². The van der Waals surface area contributed by atoms with Crippen molar-refractivity contribution in [1.29, 1.82) is 0 Å². The molecule has 0 aromatic rings. The van der Waals surface area contributed by atoms with Gasteiger partial charge in [-0.25, -0.2) is 4.79 Å². The summed E-state index contributed by atoms with van der Waals surface area (Å²) < 4.78 is 77.2. The van der Waals surface area contributed by atoms with E-state index in [2.05, 4.69) is 4.74 Å². The van der Waals surface area contributed by atoms with Crippen LogP contribution in [0.25, 0.3) is 0 Å². The van der Waals surface area contributed by atoms with Gasteiger partial charge in [-0.3, -0.25) is 5.32 Å². The summed E-state index contributed by atoms with van der Waals surface area (Å²) in [6, 6.07) is 0. The number of hydrogen-bond donors (Lipinski definition) is 1. The molecule has 0 saturated carbocycles. The van der Waals surface area contributed by atoms with E-state index in [9.17, 15) is 31.1 Å². The zero-order valence-electron chi connectivity index (χ0n) is 9.00. The highest BCUT2D eigenvalue weighted by Gasteiger charge is 2.58. The largest absolute Gasteiger partial charge is 0.464 e. The minimum Gasteiger partial charge on any atom is -0.464 e. The molecule has 17 heavy (non-hydrogen) atoms. The number of hydrogen-bond acceptors (Lipinski definition) is 3. The van der Waals surface area contributed by atoms with Gasteiger partial charge in [-0.2, -0.15) is 26.3 Å². The number of ether oxygens (including phenoxy) is 1. The third kappa shape index (κ3) is 4.41. The van der Waals surface area contributed by atoms with E-state index in [0.29, 0.717) is 6.92 Å². The molecule has 0 spiro atoms. The van der Waals surface area contributed by atoms with Crippen molar-refractivity contribution < 1.29 is 35.9 Å². The lowest BCUT2D eigenvalue weighted by Gasteiger charge is -2.30. The van der Waals surface area contributed by atoms with Crippen molar-refractivity contribution in [1.82, 2.24) is 5.32 Å². The van der Waals surface area contributed by atoms with Gasteiger partial charge in [0.25, 0.3) is 0 Å². The molecular weight excluding hydrogens is 256 g/mol. The van der Waals surface area contributed by atoms with Crippen LogP contribution in [0.3, 0.4) is 0 Å². The molecule has 1 N–H and O–H groups in total. The van der Waals surface area contributed by atoms with Gasteiger partial charge in [0.05, 0.1) is 13.2 Å². The number of halogens is 6. The van der Waals surface area contributed by atoms with Crippen molar-refractivity contribution in [2.24, 2.45) is 0 Å². The summed E-state index contributed by atoms with van der Waals surface area (Å²) in [5, 5.41) is 1.14. The Morgan fingerprint density at radius 3 is 1.94 bits per heavy atom. The van der Waals surface area contributed by atoms with E-state index in [1.54, 1.807) is 0 Å². The number of alkyl halides is 6. The molecule has 0 bridgehead atoms. The van der Waals surface area contributed by atoms with Crippen LogP contribution in [0.1, 0.15) is 13.8 Å². The van der Waals surface area contributed by atoms with Crippen LogP contribution in [-0.2, 0) is 9.53 Å². The monoisotopic (exact) mass is 267 g/mol. The van der Waals surface area contributed by atoms with Crippen LogP contribution in [0.5, 0.6) is 0 Å². The number of esters is 1. The number of carbonyl (C=O) groups is 1. The molecule has 102 valence electrons. The third-order valence-electron chi connectivity index (χ3n) is 1.89. The average Bonchev–Trinajstić information content (AvgIpc) is 2.11. The summed E-state index contributed by atoms with van der Waals surface area (Å²) >= 11 is 0. The molecule has 0 aromatic heterocycles. The normalized spacial score (nSPS) is 16.5. The van der Waals surface area contributed by atoms with E-state index in [4.69, 9.17) is 0 Å². The highest BCUT2D eigenvalue weighted by molar-refractivity contribution is 5.81. The fourth-order valence-corrected chi connectivity index (χ4v) is 0.841. The van der Waals surface area contributed by atoms with E-state index >= 15 is 0 Å². The lowest BCUT2D eigenvalue weighted by Crippen LogP contribution is -2.62. The van der Waals surface area contributed by atoms with Gasteiger partial charge >= 0.3 is 18.3 Å². The van der Waals surface area contributed by atoms with Gasteiger partial charge in [-0.1, -0.05) is 0 Å². The SMILES string of the molecule is CCOC(=O)C(C)(NCC(F)(F)F)C(F)(F)F. The van der Waals surface area contributed by atoms with E-state index in [1.165, 1.54) is 6.92 Å². The number of nitrogens with one attached hydrogen (secondary N) is 1. The summed E-state index contributed by atoms with van der Waals surface area (Å²) in [5.74, 6) is -1.79. The van der Waals surface area contributed by atoms with Crippen molar-refractivity contribution in [3.8, 4) is 0 Å². The molecule has 9 heteroatoms. The minimum absolute atomic E-state index is 0.302. The molecule has 1 unspecified atom stereocenters. The molecule has 0 aromatic carbocycles. The quantitative estimate of drug-likeness (QED) is 0.625. The van der Waals surface area contributed by atoms with Gasteiger partial charge in [-0.05, 0) is 13.8 Å². The maximum Gasteiger partial charge on any atom is 0.417 e. The Morgan fingerprint density at radius 1 is 1.18 bits per heavy atom. The minimum atomic E-state index is -5.19. The molecule has 3 nitrogen and oxygen atoms in total. The van der Waals surface area contributed by atoms with Gasteiger partial charge in [0.2, 0.25) is 5.54 Å². The highest BCUT2D eigenvalue weighted by atomic mass is 19.4. The molecule has 0 radical (unpaired) electrons. The summed E-state index contributed by atoms with van der Waals surface area (Å²) in [6.45, 7) is -0.755. The van der Waals surface area contributed by atoms with Crippen LogP contribution in [0.15, 0.2) is 0 Å². The first-order valence-electron chi connectivity index (χ1n) is 4.50. The molecule has 1 atom stereocenters. The summed E-state index contributed by atoms with van der Waals surface area (Å²) in [6.07, 6.45) is -10.1. The molecule has 0 heterocycles. The van der Waals surface area contributed by atoms with Crippen molar-refractivity contribution in [3.63, 3.8) is 0 Å². The summed E-state index contributed by atoms with van der Waals surface area (Å²) in [5.41, 5.74) is -3.38. The molecule has 0 rings (SSSR count). The third-order valence-corrected chi connectivity index (χ3v) is 1.89. The second kappa shape index (κ2) is 5.11. The zero-order chi connectivity index (χ0) is 13.9. The molecule has 0 aliphatic carbocycles. The van der Waals surface area contributed by atoms with Gasteiger partial charge in [0, 0.05) is 0 Å². The van der Waals surface area contributed by atoms with E-state index < -0.39 is 30.4 Å². The Kier molecular flexibility index (Phi) is 4.81. The highest BCUT2D eigenvalue weighted by Crippen LogP contribution is 2.32. The molecule has 0 aliphatic rings. The zero-order valence-corrected chi connectivity index (χ0v) is 9.00. The molecular formula is C8H11F6NO2. The molecule has 0 saturated heterocycles. The predicted octanol–water partition coefficient (Wildman–Crippen LogP) is 2.02. The Labute approximate surface area is 93.1 Å². The van der Waals surface area contributed by atoms with Crippen molar-refractivity contribution in [2.75, 3.05) is 13.2 Å². The standard InChI is InChI=1S/C8H11F6NO2/c1-3-17-5(16)6(2,8(12,13)14)15-4-7(9,10)11/h15H,3-4H2,1-2H3. The first-order chi connectivity index (χ1) is 7.44. The van der Waals surface area contributed by atoms with Crippen LogP contribution in [0, 0.1) is 0 Å². The van der Waals surface area contributed by atoms with Gasteiger partial charge < -0.3 is 4.74 Å². The first kappa shape index (κ1) is 16.0. The molecule has 0 aliphatic heterocycles. The predicted molar refractivity (Wildman–Crippen MR) is 45.2 cm³/mol. The van der Waals surface area contributed by atoms with Crippen molar-refractivity contribution >= 4 is 5.97 Å².